The SMILES string of the molecule is CCOCC1(C)CN(CC/C=C2/c3cc(C(C)(C)O)ccc3OCc3ncccc32)CCC1(O)c1ccc(Cl)cc1. The molecule has 6 nitrogen and oxygen atoms in total. The van der Waals surface area contributed by atoms with Gasteiger partial charge in [0, 0.05) is 54.0 Å². The van der Waals surface area contributed by atoms with Crippen molar-refractivity contribution in [3.05, 3.63) is 99.8 Å². The third-order valence-corrected chi connectivity index (χ3v) is 8.87. The minimum Gasteiger partial charge on any atom is -0.487 e. The molecule has 1 saturated heterocycles. The highest BCUT2D eigenvalue weighted by Gasteiger charge is 2.51. The normalized spacial score (nSPS) is 23.9. The second-order valence-corrected chi connectivity index (χ2v) is 12.5. The number of benzene rings is 2. The van der Waals surface area contributed by atoms with E-state index in [1.54, 1.807) is 20.0 Å². The third-order valence-electron chi connectivity index (χ3n) is 8.62. The van der Waals surface area contributed by atoms with Crippen molar-refractivity contribution in [2.45, 2.75) is 58.3 Å². The van der Waals surface area contributed by atoms with Gasteiger partial charge in [-0.3, -0.25) is 4.98 Å². The van der Waals surface area contributed by atoms with E-state index < -0.39 is 16.6 Å². The highest BCUT2D eigenvalue weighted by molar-refractivity contribution is 6.30. The molecule has 0 aliphatic carbocycles. The molecule has 0 bridgehead atoms. The van der Waals surface area contributed by atoms with E-state index in [1.807, 2.05) is 55.5 Å². The summed E-state index contributed by atoms with van der Waals surface area (Å²) in [6.45, 7) is 11.5. The van der Waals surface area contributed by atoms with Gasteiger partial charge in [-0.25, -0.2) is 0 Å². The fourth-order valence-electron chi connectivity index (χ4n) is 6.17. The highest BCUT2D eigenvalue weighted by Crippen LogP contribution is 2.47. The van der Waals surface area contributed by atoms with Crippen LogP contribution in [-0.2, 0) is 22.5 Å². The fourth-order valence-corrected chi connectivity index (χ4v) is 6.30. The lowest BCUT2D eigenvalue weighted by molar-refractivity contribution is -0.160. The summed E-state index contributed by atoms with van der Waals surface area (Å²) in [6, 6.07) is 17.5. The van der Waals surface area contributed by atoms with E-state index in [-0.39, 0.29) is 0 Å². The molecule has 2 aliphatic heterocycles. The van der Waals surface area contributed by atoms with Crippen LogP contribution in [0.2, 0.25) is 5.02 Å². The second kappa shape index (κ2) is 11.9. The first-order valence-electron chi connectivity index (χ1n) is 14.5. The maximum atomic E-state index is 12.1. The molecule has 0 spiro atoms. The maximum Gasteiger partial charge on any atom is 0.131 e. The van der Waals surface area contributed by atoms with E-state index in [0.717, 1.165) is 58.8 Å². The lowest BCUT2D eigenvalue weighted by Crippen LogP contribution is -2.58. The summed E-state index contributed by atoms with van der Waals surface area (Å²) in [5, 5.41) is 23.4. The topological polar surface area (TPSA) is 75.1 Å². The van der Waals surface area contributed by atoms with Gasteiger partial charge >= 0.3 is 0 Å². The molecule has 2 aliphatic rings. The summed E-state index contributed by atoms with van der Waals surface area (Å²) < 4.78 is 12.1. The maximum absolute atomic E-state index is 12.1. The van der Waals surface area contributed by atoms with Crippen LogP contribution in [0.4, 0.5) is 0 Å². The van der Waals surface area contributed by atoms with Crippen LogP contribution in [0.1, 0.15) is 68.5 Å². The smallest absolute Gasteiger partial charge is 0.131 e. The summed E-state index contributed by atoms with van der Waals surface area (Å²) in [5.74, 6) is 0.789. The fraction of sp³-hybridized carbons (Fsp3) is 0.441. The van der Waals surface area contributed by atoms with Crippen molar-refractivity contribution >= 4 is 17.2 Å². The Hall–Kier alpha value is -2.74. The molecule has 1 fully saturated rings. The number of aromatic nitrogens is 1. The third kappa shape index (κ3) is 6.08. The van der Waals surface area contributed by atoms with Gasteiger partial charge in [-0.15, -0.1) is 0 Å². The van der Waals surface area contributed by atoms with E-state index >= 15 is 0 Å². The van der Waals surface area contributed by atoms with E-state index in [0.29, 0.717) is 37.8 Å². The first kappa shape index (κ1) is 29.7. The number of pyridine rings is 1. The van der Waals surface area contributed by atoms with Gasteiger partial charge < -0.3 is 24.6 Å². The summed E-state index contributed by atoms with van der Waals surface area (Å²) in [6.07, 6.45) is 5.47. The molecule has 0 saturated carbocycles. The standard InChI is InChI=1S/C34H41ClN2O4/c1-5-40-23-33(4)22-37(19-16-34(33,39)24-10-13-26(35)14-11-24)18-7-9-27-28-8-6-17-36-30(28)21-41-31-15-12-25(20-29(27)31)32(2,3)38/h6,8-15,17,20,38-39H,5,7,16,18-19,21-23H2,1-4H3/b27-9+. The average Bonchev–Trinajstić information content (AvgIpc) is 3.10. The number of halogens is 1. The zero-order chi connectivity index (χ0) is 29.3. The van der Waals surface area contributed by atoms with Crippen molar-refractivity contribution in [1.82, 2.24) is 9.88 Å². The van der Waals surface area contributed by atoms with Gasteiger partial charge in [0.15, 0.2) is 0 Å². The molecule has 41 heavy (non-hydrogen) atoms. The molecule has 218 valence electrons. The summed E-state index contributed by atoms with van der Waals surface area (Å²) in [7, 11) is 0. The van der Waals surface area contributed by atoms with Crippen molar-refractivity contribution in [2.75, 3.05) is 32.8 Å². The van der Waals surface area contributed by atoms with E-state index in [4.69, 9.17) is 21.1 Å². The molecule has 1 aromatic heterocycles. The Labute approximate surface area is 248 Å². The predicted molar refractivity (Wildman–Crippen MR) is 163 cm³/mol. The van der Waals surface area contributed by atoms with Gasteiger partial charge in [-0.05, 0) is 80.6 Å². The first-order chi connectivity index (χ1) is 19.5. The minimum absolute atomic E-state index is 0.396. The van der Waals surface area contributed by atoms with Crippen molar-refractivity contribution < 1.29 is 19.7 Å². The Morgan fingerprint density at radius 2 is 1.93 bits per heavy atom. The number of fused-ring (bicyclic) bond motifs is 2. The van der Waals surface area contributed by atoms with Crippen LogP contribution in [0.5, 0.6) is 5.75 Å². The van der Waals surface area contributed by atoms with Crippen LogP contribution in [0.15, 0.2) is 66.9 Å². The zero-order valence-corrected chi connectivity index (χ0v) is 25.2. The number of hydrogen-bond acceptors (Lipinski definition) is 6. The van der Waals surface area contributed by atoms with E-state index in [2.05, 4.69) is 29.0 Å². The molecule has 7 heteroatoms. The van der Waals surface area contributed by atoms with Gasteiger partial charge in [0.2, 0.25) is 0 Å². The molecule has 3 aromatic rings. The van der Waals surface area contributed by atoms with Crippen LogP contribution in [-0.4, -0.2) is 52.9 Å². The molecule has 2 atom stereocenters. The van der Waals surface area contributed by atoms with Gasteiger partial charge in [0.25, 0.3) is 0 Å². The van der Waals surface area contributed by atoms with Crippen molar-refractivity contribution in [3.63, 3.8) is 0 Å². The average molecular weight is 577 g/mol. The number of ether oxygens (including phenoxy) is 2. The lowest BCUT2D eigenvalue weighted by Gasteiger charge is -2.52. The van der Waals surface area contributed by atoms with Gasteiger partial charge in [0.1, 0.15) is 12.4 Å². The van der Waals surface area contributed by atoms with Crippen LogP contribution in [0.25, 0.3) is 5.57 Å². The molecule has 2 unspecified atom stereocenters. The lowest BCUT2D eigenvalue weighted by atomic mass is 9.65. The van der Waals surface area contributed by atoms with E-state index in [9.17, 15) is 10.2 Å². The summed E-state index contributed by atoms with van der Waals surface area (Å²) >= 11 is 6.16. The number of likely N-dealkylation sites (tertiary alicyclic amines) is 1. The molecule has 0 amide bonds. The van der Waals surface area contributed by atoms with Crippen molar-refractivity contribution in [3.8, 4) is 5.75 Å². The summed E-state index contributed by atoms with van der Waals surface area (Å²) in [5.41, 5.74) is 3.22. The minimum atomic E-state index is -1.02. The predicted octanol–water partition coefficient (Wildman–Crippen LogP) is 6.31. The number of rotatable bonds is 8. The number of nitrogens with zero attached hydrogens (tertiary/aromatic N) is 2. The zero-order valence-electron chi connectivity index (χ0n) is 24.5. The highest BCUT2D eigenvalue weighted by atomic mass is 35.5. The number of hydrogen-bond donors (Lipinski definition) is 2. The molecular formula is C34H41ClN2O4. The first-order valence-corrected chi connectivity index (χ1v) is 14.8. The quantitative estimate of drug-likeness (QED) is 0.327. The molecule has 2 N–H and O–H groups in total. The van der Waals surface area contributed by atoms with Crippen LogP contribution in [0.3, 0.4) is 0 Å². The molecular weight excluding hydrogens is 536 g/mol. The number of aliphatic hydroxyl groups is 2. The Morgan fingerprint density at radius 3 is 2.66 bits per heavy atom. The Bertz CT molecular complexity index is 1400. The van der Waals surface area contributed by atoms with Gasteiger partial charge in [-0.1, -0.05) is 48.9 Å². The Balaban J connectivity index is 1.41. The molecule has 0 radical (unpaired) electrons. The van der Waals surface area contributed by atoms with Crippen molar-refractivity contribution in [1.29, 1.82) is 0 Å². The monoisotopic (exact) mass is 576 g/mol. The van der Waals surface area contributed by atoms with E-state index in [1.165, 1.54) is 0 Å². The molecule has 2 aromatic carbocycles. The Morgan fingerprint density at radius 1 is 1.15 bits per heavy atom. The van der Waals surface area contributed by atoms with Crippen LogP contribution >= 0.6 is 11.6 Å². The van der Waals surface area contributed by atoms with Gasteiger partial charge in [-0.2, -0.15) is 0 Å². The van der Waals surface area contributed by atoms with Gasteiger partial charge in [0.05, 0.1) is 23.5 Å². The van der Waals surface area contributed by atoms with Crippen LogP contribution < -0.4 is 4.74 Å². The second-order valence-electron chi connectivity index (χ2n) is 12.1. The summed E-state index contributed by atoms with van der Waals surface area (Å²) in [4.78, 5) is 7.03. The molecule has 3 heterocycles. The Kier molecular flexibility index (Phi) is 8.61. The molecule has 5 rings (SSSR count). The number of piperidine rings is 1. The largest absolute Gasteiger partial charge is 0.487 e. The van der Waals surface area contributed by atoms with Crippen LogP contribution in [0, 0.1) is 5.41 Å². The van der Waals surface area contributed by atoms with Crippen molar-refractivity contribution in [2.24, 2.45) is 5.41 Å².